The van der Waals surface area contributed by atoms with Gasteiger partial charge in [0.15, 0.2) is 0 Å². The van der Waals surface area contributed by atoms with Crippen LogP contribution in [0.5, 0.6) is 0 Å². The lowest BCUT2D eigenvalue weighted by Gasteiger charge is -2.21. The van der Waals surface area contributed by atoms with Crippen LogP contribution in [0.3, 0.4) is 0 Å². The number of rotatable bonds is 5. The fourth-order valence-corrected chi connectivity index (χ4v) is 2.81. The lowest BCUT2D eigenvalue weighted by Crippen LogP contribution is -2.31. The first-order valence-electron chi connectivity index (χ1n) is 8.72. The lowest BCUT2D eigenvalue weighted by molar-refractivity contribution is 0.0983. The Bertz CT molecular complexity index is 990. The summed E-state index contributed by atoms with van der Waals surface area (Å²) in [4.78, 5) is 18.9. The molecule has 134 valence electrons. The summed E-state index contributed by atoms with van der Waals surface area (Å²) in [5.74, 6) is -0.138. The monoisotopic (exact) mass is 356 g/mol. The van der Waals surface area contributed by atoms with E-state index in [1.54, 1.807) is 29.3 Å². The molecule has 0 bridgehead atoms. The molecule has 0 saturated heterocycles. The minimum Gasteiger partial charge on any atom is -0.354 e. The van der Waals surface area contributed by atoms with Crippen molar-refractivity contribution < 1.29 is 4.79 Å². The SMILES string of the molecule is CCN(C(=O)c1ccc(Nc2cccc(C#N)c2)cn1)c1cccc(C)c1. The number of anilines is 3. The van der Waals surface area contributed by atoms with Crippen LogP contribution in [0, 0.1) is 18.3 Å². The Morgan fingerprint density at radius 1 is 1.11 bits per heavy atom. The fourth-order valence-electron chi connectivity index (χ4n) is 2.81. The molecule has 3 rings (SSSR count). The molecule has 1 amide bonds. The Morgan fingerprint density at radius 3 is 2.59 bits per heavy atom. The van der Waals surface area contributed by atoms with Gasteiger partial charge in [0.05, 0.1) is 23.5 Å². The van der Waals surface area contributed by atoms with Gasteiger partial charge in [-0.05, 0) is 61.9 Å². The number of aryl methyl sites for hydroxylation is 1. The van der Waals surface area contributed by atoms with Gasteiger partial charge in [0, 0.05) is 17.9 Å². The number of aromatic nitrogens is 1. The molecule has 0 aliphatic rings. The summed E-state index contributed by atoms with van der Waals surface area (Å²) < 4.78 is 0. The second-order valence-corrected chi connectivity index (χ2v) is 6.14. The highest BCUT2D eigenvalue weighted by Gasteiger charge is 2.17. The first kappa shape index (κ1) is 18.2. The Labute approximate surface area is 158 Å². The van der Waals surface area contributed by atoms with Crippen molar-refractivity contribution in [3.8, 4) is 6.07 Å². The molecule has 3 aromatic rings. The van der Waals surface area contributed by atoms with Crippen molar-refractivity contribution in [2.45, 2.75) is 13.8 Å². The number of nitrogens with one attached hydrogen (secondary N) is 1. The second-order valence-electron chi connectivity index (χ2n) is 6.14. The van der Waals surface area contributed by atoms with E-state index in [2.05, 4.69) is 16.4 Å². The minimum absolute atomic E-state index is 0.138. The average molecular weight is 356 g/mol. The maximum Gasteiger partial charge on any atom is 0.276 e. The normalized spacial score (nSPS) is 10.1. The van der Waals surface area contributed by atoms with E-state index in [0.717, 1.165) is 22.6 Å². The number of hydrogen-bond donors (Lipinski definition) is 1. The molecule has 0 aliphatic heterocycles. The third kappa shape index (κ3) is 4.31. The number of nitriles is 1. The van der Waals surface area contributed by atoms with Crippen LogP contribution in [0.2, 0.25) is 0 Å². The molecule has 0 unspecified atom stereocenters. The molecule has 0 radical (unpaired) electrons. The van der Waals surface area contributed by atoms with Gasteiger partial charge < -0.3 is 10.2 Å². The van der Waals surface area contributed by atoms with E-state index in [4.69, 9.17) is 5.26 Å². The topological polar surface area (TPSA) is 69.0 Å². The van der Waals surface area contributed by atoms with Crippen LogP contribution in [0.25, 0.3) is 0 Å². The van der Waals surface area contributed by atoms with Gasteiger partial charge in [-0.25, -0.2) is 4.98 Å². The van der Waals surface area contributed by atoms with Crippen LogP contribution >= 0.6 is 0 Å². The molecule has 1 N–H and O–H groups in total. The van der Waals surface area contributed by atoms with E-state index in [1.807, 2.05) is 56.3 Å². The summed E-state index contributed by atoms with van der Waals surface area (Å²) >= 11 is 0. The standard InChI is InChI=1S/C22H20N4O/c1-3-26(20-9-4-6-16(2)12-20)22(27)21-11-10-19(15-24-21)25-18-8-5-7-17(13-18)14-23/h4-13,15,25H,3H2,1-2H3. The molecule has 5 nitrogen and oxygen atoms in total. The molecule has 1 heterocycles. The van der Waals surface area contributed by atoms with E-state index in [-0.39, 0.29) is 5.91 Å². The summed E-state index contributed by atoms with van der Waals surface area (Å²) in [7, 11) is 0. The minimum atomic E-state index is -0.138. The molecule has 0 atom stereocenters. The van der Waals surface area contributed by atoms with Gasteiger partial charge >= 0.3 is 0 Å². The van der Waals surface area contributed by atoms with Crippen molar-refractivity contribution in [3.05, 3.63) is 83.7 Å². The van der Waals surface area contributed by atoms with Crippen molar-refractivity contribution in [3.63, 3.8) is 0 Å². The number of hydrogen-bond acceptors (Lipinski definition) is 4. The number of amides is 1. The van der Waals surface area contributed by atoms with Crippen molar-refractivity contribution in [1.29, 1.82) is 5.26 Å². The number of carbonyl (C=O) groups excluding carboxylic acids is 1. The molecule has 0 saturated carbocycles. The third-order valence-electron chi connectivity index (χ3n) is 4.14. The summed E-state index contributed by atoms with van der Waals surface area (Å²) in [6.07, 6.45) is 1.62. The van der Waals surface area contributed by atoms with E-state index in [0.29, 0.717) is 17.8 Å². The Morgan fingerprint density at radius 2 is 1.93 bits per heavy atom. The highest BCUT2D eigenvalue weighted by molar-refractivity contribution is 6.04. The molecule has 0 fully saturated rings. The van der Waals surface area contributed by atoms with Crippen LogP contribution < -0.4 is 10.2 Å². The molecule has 2 aromatic carbocycles. The van der Waals surface area contributed by atoms with Gasteiger partial charge in [0.1, 0.15) is 5.69 Å². The summed E-state index contributed by atoms with van der Waals surface area (Å²) in [6.45, 7) is 4.51. The molecule has 5 heteroatoms. The Hall–Kier alpha value is -3.65. The Balaban J connectivity index is 1.77. The van der Waals surface area contributed by atoms with Crippen LogP contribution in [-0.4, -0.2) is 17.4 Å². The van der Waals surface area contributed by atoms with Gasteiger partial charge in [-0.3, -0.25) is 4.79 Å². The van der Waals surface area contributed by atoms with E-state index in [9.17, 15) is 4.79 Å². The van der Waals surface area contributed by atoms with Crippen LogP contribution in [0.1, 0.15) is 28.5 Å². The predicted octanol–water partition coefficient (Wildman–Crippen LogP) is 4.67. The average Bonchev–Trinajstić information content (AvgIpc) is 2.69. The molecule has 27 heavy (non-hydrogen) atoms. The third-order valence-corrected chi connectivity index (χ3v) is 4.14. The van der Waals surface area contributed by atoms with E-state index >= 15 is 0 Å². The number of nitrogens with zero attached hydrogens (tertiary/aromatic N) is 3. The van der Waals surface area contributed by atoms with Gasteiger partial charge in [-0.2, -0.15) is 5.26 Å². The van der Waals surface area contributed by atoms with Crippen molar-refractivity contribution >= 4 is 23.0 Å². The zero-order valence-corrected chi connectivity index (χ0v) is 15.3. The van der Waals surface area contributed by atoms with E-state index in [1.165, 1.54) is 0 Å². The summed E-state index contributed by atoms with van der Waals surface area (Å²) in [5, 5.41) is 12.2. The lowest BCUT2D eigenvalue weighted by atomic mass is 10.2. The van der Waals surface area contributed by atoms with Crippen LogP contribution in [-0.2, 0) is 0 Å². The number of benzene rings is 2. The molecular formula is C22H20N4O. The molecule has 0 aliphatic carbocycles. The summed E-state index contributed by atoms with van der Waals surface area (Å²) in [6, 6.07) is 20.7. The quantitative estimate of drug-likeness (QED) is 0.721. The van der Waals surface area contributed by atoms with Gasteiger partial charge in [0.25, 0.3) is 5.91 Å². The number of pyridine rings is 1. The summed E-state index contributed by atoms with van der Waals surface area (Å²) in [5.41, 5.74) is 4.47. The van der Waals surface area contributed by atoms with Crippen LogP contribution in [0.4, 0.5) is 17.1 Å². The molecule has 0 spiro atoms. The van der Waals surface area contributed by atoms with E-state index < -0.39 is 0 Å². The van der Waals surface area contributed by atoms with Gasteiger partial charge in [-0.15, -0.1) is 0 Å². The zero-order valence-electron chi connectivity index (χ0n) is 15.3. The maximum atomic E-state index is 12.8. The smallest absolute Gasteiger partial charge is 0.276 e. The largest absolute Gasteiger partial charge is 0.354 e. The maximum absolute atomic E-state index is 12.8. The molecule has 1 aromatic heterocycles. The van der Waals surface area contributed by atoms with Crippen molar-refractivity contribution in [1.82, 2.24) is 4.98 Å². The highest BCUT2D eigenvalue weighted by Crippen LogP contribution is 2.20. The first-order chi connectivity index (χ1) is 13.1. The number of carbonyl (C=O) groups is 1. The van der Waals surface area contributed by atoms with Gasteiger partial charge in [-0.1, -0.05) is 18.2 Å². The van der Waals surface area contributed by atoms with Gasteiger partial charge in [0.2, 0.25) is 0 Å². The highest BCUT2D eigenvalue weighted by atomic mass is 16.2. The Kier molecular flexibility index (Phi) is 5.48. The predicted molar refractivity (Wildman–Crippen MR) is 107 cm³/mol. The van der Waals surface area contributed by atoms with Crippen molar-refractivity contribution in [2.24, 2.45) is 0 Å². The molecular weight excluding hydrogens is 336 g/mol. The van der Waals surface area contributed by atoms with Crippen LogP contribution in [0.15, 0.2) is 66.9 Å². The van der Waals surface area contributed by atoms with Crippen molar-refractivity contribution in [2.75, 3.05) is 16.8 Å². The second kappa shape index (κ2) is 8.15. The fraction of sp³-hybridized carbons (Fsp3) is 0.136. The zero-order chi connectivity index (χ0) is 19.2. The first-order valence-corrected chi connectivity index (χ1v) is 8.72.